The van der Waals surface area contributed by atoms with Crippen molar-refractivity contribution in [2.24, 2.45) is 5.92 Å². The van der Waals surface area contributed by atoms with Crippen molar-refractivity contribution in [3.05, 3.63) is 0 Å². The van der Waals surface area contributed by atoms with Gasteiger partial charge in [-0.25, -0.2) is 0 Å². The zero-order chi connectivity index (χ0) is 12.9. The average Bonchev–Trinajstić information content (AvgIpc) is 2.52. The molecule has 0 saturated carbocycles. The molecule has 0 radical (unpaired) electrons. The Morgan fingerprint density at radius 2 is 2.12 bits per heavy atom. The van der Waals surface area contributed by atoms with Crippen LogP contribution in [-0.2, 0) is 4.74 Å². The summed E-state index contributed by atoms with van der Waals surface area (Å²) in [4.78, 5) is 2.37. The summed E-state index contributed by atoms with van der Waals surface area (Å²) in [6.45, 7) is 13.2. The van der Waals surface area contributed by atoms with Crippen LogP contribution in [0.15, 0.2) is 0 Å². The van der Waals surface area contributed by atoms with Crippen LogP contribution in [0.4, 0.5) is 0 Å². The van der Waals surface area contributed by atoms with E-state index in [1.54, 1.807) is 0 Å². The van der Waals surface area contributed by atoms with E-state index >= 15 is 0 Å². The Bertz CT molecular complexity index is 216. The topological polar surface area (TPSA) is 24.5 Å². The fraction of sp³-hybridized carbons (Fsp3) is 1.00. The van der Waals surface area contributed by atoms with E-state index in [0.29, 0.717) is 6.10 Å². The number of ether oxygens (including phenoxy) is 1. The first-order valence-electron chi connectivity index (χ1n) is 6.96. The molecule has 1 unspecified atom stereocenters. The van der Waals surface area contributed by atoms with Gasteiger partial charge in [0.25, 0.3) is 0 Å². The highest BCUT2D eigenvalue weighted by molar-refractivity contribution is 4.82. The van der Waals surface area contributed by atoms with Gasteiger partial charge in [-0.05, 0) is 46.2 Å². The molecular formula is C14H30N2O. The third-order valence-electron chi connectivity index (χ3n) is 3.29. The van der Waals surface area contributed by atoms with E-state index in [0.717, 1.165) is 32.1 Å². The number of nitrogens with zero attached hydrogens (tertiary/aromatic N) is 1. The Hall–Kier alpha value is -0.120. The molecule has 0 aromatic rings. The molecule has 3 nitrogen and oxygen atoms in total. The second-order valence-corrected chi connectivity index (χ2v) is 6.40. The van der Waals surface area contributed by atoms with Crippen LogP contribution < -0.4 is 5.32 Å². The van der Waals surface area contributed by atoms with Gasteiger partial charge >= 0.3 is 0 Å². The van der Waals surface area contributed by atoms with Crippen molar-refractivity contribution >= 4 is 0 Å². The van der Waals surface area contributed by atoms with Gasteiger partial charge in [-0.15, -0.1) is 0 Å². The third kappa shape index (κ3) is 6.39. The Labute approximate surface area is 107 Å². The minimum Gasteiger partial charge on any atom is -0.371 e. The molecule has 1 rings (SSSR count). The van der Waals surface area contributed by atoms with Crippen molar-refractivity contribution in [3.8, 4) is 0 Å². The summed E-state index contributed by atoms with van der Waals surface area (Å²) in [7, 11) is 2.19. The van der Waals surface area contributed by atoms with Gasteiger partial charge in [0, 0.05) is 19.6 Å². The normalized spacial score (nSPS) is 23.8. The maximum atomic E-state index is 6.00. The van der Waals surface area contributed by atoms with Crippen LogP contribution in [0.3, 0.4) is 0 Å². The van der Waals surface area contributed by atoms with Crippen molar-refractivity contribution in [1.29, 1.82) is 0 Å². The van der Waals surface area contributed by atoms with Gasteiger partial charge in [-0.2, -0.15) is 0 Å². The molecule has 1 aliphatic rings. The zero-order valence-corrected chi connectivity index (χ0v) is 12.3. The summed E-state index contributed by atoms with van der Waals surface area (Å²) in [5.41, 5.74) is 0.0986. The maximum Gasteiger partial charge on any atom is 0.0710 e. The summed E-state index contributed by atoms with van der Waals surface area (Å²) in [5, 5.41) is 3.47. The van der Waals surface area contributed by atoms with Gasteiger partial charge < -0.3 is 15.0 Å². The first-order valence-corrected chi connectivity index (χ1v) is 6.96. The summed E-state index contributed by atoms with van der Waals surface area (Å²) >= 11 is 0. The minimum atomic E-state index is 0.0986. The summed E-state index contributed by atoms with van der Waals surface area (Å²) < 4.78 is 6.00. The fourth-order valence-electron chi connectivity index (χ4n) is 2.31. The highest BCUT2D eigenvalue weighted by Crippen LogP contribution is 2.29. The average molecular weight is 242 g/mol. The predicted molar refractivity (Wildman–Crippen MR) is 73.4 cm³/mol. The van der Waals surface area contributed by atoms with E-state index in [1.165, 1.54) is 12.8 Å². The van der Waals surface area contributed by atoms with E-state index in [4.69, 9.17) is 4.74 Å². The molecule has 102 valence electrons. The molecule has 0 aliphatic carbocycles. The molecule has 0 aromatic carbocycles. The predicted octanol–water partition coefficient (Wildman–Crippen LogP) is 2.12. The molecular weight excluding hydrogens is 212 g/mol. The van der Waals surface area contributed by atoms with E-state index < -0.39 is 0 Å². The summed E-state index contributed by atoms with van der Waals surface area (Å²) in [5.74, 6) is 0.735. The molecule has 1 saturated heterocycles. The van der Waals surface area contributed by atoms with Gasteiger partial charge in [0.15, 0.2) is 0 Å². The van der Waals surface area contributed by atoms with E-state index in [2.05, 4.69) is 45.0 Å². The van der Waals surface area contributed by atoms with Gasteiger partial charge in [-0.3, -0.25) is 0 Å². The third-order valence-corrected chi connectivity index (χ3v) is 3.29. The Kier molecular flexibility index (Phi) is 5.90. The number of rotatable bonds is 7. The van der Waals surface area contributed by atoms with E-state index in [9.17, 15) is 0 Å². The number of nitrogens with one attached hydrogen (secondary N) is 1. The summed E-state index contributed by atoms with van der Waals surface area (Å²) in [6.07, 6.45) is 2.83. The Morgan fingerprint density at radius 1 is 1.41 bits per heavy atom. The molecule has 1 atom stereocenters. The lowest BCUT2D eigenvalue weighted by Crippen LogP contribution is -2.36. The largest absolute Gasteiger partial charge is 0.371 e. The van der Waals surface area contributed by atoms with Crippen LogP contribution in [0.5, 0.6) is 0 Å². The van der Waals surface area contributed by atoms with Crippen LogP contribution in [-0.4, -0.2) is 49.8 Å². The Balaban J connectivity index is 2.07. The highest BCUT2D eigenvalue weighted by Gasteiger charge is 2.31. The standard InChI is InChI=1S/C14H30N2O/c1-12(2)10-15-8-9-16(5)11-13-6-7-14(3,4)17-13/h12-13,15H,6-11H2,1-5H3. The number of hydrogen-bond donors (Lipinski definition) is 1. The van der Waals surface area contributed by atoms with Gasteiger partial charge in [0.05, 0.1) is 11.7 Å². The molecule has 0 amide bonds. The lowest BCUT2D eigenvalue weighted by molar-refractivity contribution is -0.0258. The minimum absolute atomic E-state index is 0.0986. The lowest BCUT2D eigenvalue weighted by Gasteiger charge is -2.24. The molecule has 1 heterocycles. The molecule has 3 heteroatoms. The molecule has 17 heavy (non-hydrogen) atoms. The van der Waals surface area contributed by atoms with Crippen LogP contribution >= 0.6 is 0 Å². The Morgan fingerprint density at radius 3 is 2.65 bits per heavy atom. The van der Waals surface area contributed by atoms with Crippen LogP contribution in [0.25, 0.3) is 0 Å². The smallest absolute Gasteiger partial charge is 0.0710 e. The first-order chi connectivity index (χ1) is 7.89. The van der Waals surface area contributed by atoms with Crippen molar-refractivity contribution < 1.29 is 4.74 Å². The second-order valence-electron chi connectivity index (χ2n) is 6.40. The number of hydrogen-bond acceptors (Lipinski definition) is 3. The SMILES string of the molecule is CC(C)CNCCN(C)CC1CCC(C)(C)O1. The maximum absolute atomic E-state index is 6.00. The molecule has 0 aromatic heterocycles. The van der Waals surface area contributed by atoms with Crippen LogP contribution in [0.1, 0.15) is 40.5 Å². The van der Waals surface area contributed by atoms with Crippen molar-refractivity contribution in [2.45, 2.75) is 52.2 Å². The quantitative estimate of drug-likeness (QED) is 0.692. The monoisotopic (exact) mass is 242 g/mol. The van der Waals surface area contributed by atoms with Crippen LogP contribution in [0.2, 0.25) is 0 Å². The van der Waals surface area contributed by atoms with Crippen molar-refractivity contribution in [1.82, 2.24) is 10.2 Å². The number of likely N-dealkylation sites (N-methyl/N-ethyl adjacent to an activating group) is 1. The molecule has 1 N–H and O–H groups in total. The molecule has 1 aliphatic heterocycles. The van der Waals surface area contributed by atoms with Crippen molar-refractivity contribution in [3.63, 3.8) is 0 Å². The molecule has 0 spiro atoms. The van der Waals surface area contributed by atoms with Gasteiger partial charge in [-0.1, -0.05) is 13.8 Å². The summed E-state index contributed by atoms with van der Waals surface area (Å²) in [6, 6.07) is 0. The van der Waals surface area contributed by atoms with Gasteiger partial charge in [0.2, 0.25) is 0 Å². The zero-order valence-electron chi connectivity index (χ0n) is 12.3. The van der Waals surface area contributed by atoms with Crippen LogP contribution in [0, 0.1) is 5.92 Å². The van der Waals surface area contributed by atoms with E-state index in [1.807, 2.05) is 0 Å². The second kappa shape index (κ2) is 6.72. The van der Waals surface area contributed by atoms with E-state index in [-0.39, 0.29) is 5.60 Å². The lowest BCUT2D eigenvalue weighted by atomic mass is 10.1. The fourth-order valence-corrected chi connectivity index (χ4v) is 2.31. The highest BCUT2D eigenvalue weighted by atomic mass is 16.5. The first kappa shape index (κ1) is 14.9. The molecule has 1 fully saturated rings. The molecule has 0 bridgehead atoms. The van der Waals surface area contributed by atoms with Gasteiger partial charge in [0.1, 0.15) is 0 Å². The van der Waals surface area contributed by atoms with Crippen molar-refractivity contribution in [2.75, 3.05) is 33.2 Å².